The lowest BCUT2D eigenvalue weighted by atomic mass is 9.88. The lowest BCUT2D eigenvalue weighted by Crippen LogP contribution is -2.60. The summed E-state index contributed by atoms with van der Waals surface area (Å²) >= 11 is 0. The summed E-state index contributed by atoms with van der Waals surface area (Å²) in [6.07, 6.45) is 1.61. The van der Waals surface area contributed by atoms with Crippen molar-refractivity contribution in [3.63, 3.8) is 0 Å². The maximum absolute atomic E-state index is 13.0. The third kappa shape index (κ3) is 4.32. The number of aryl methyl sites for hydroxylation is 1. The minimum Gasteiger partial charge on any atom is -0.494 e. The standard InChI is InChI=1S/C22H25N11O2/c1-32-22(34)18-15(9-17(27-21(18)29-32)26-16-8-7-12(10-23)11-24-16)25-14-6-4-5-13(19(14)35-3)20-28-31-33(2)30-20/h4-8,11,15,17-18,21,25,27,29H,9H2,1-3H3,(H,24,26). The third-order valence-electron chi connectivity index (χ3n) is 6.14. The second-order valence-corrected chi connectivity index (χ2v) is 8.41. The number of carbonyl (C=O) groups is 1. The van der Waals surface area contributed by atoms with E-state index in [4.69, 9.17) is 10.00 Å². The Kier molecular flexibility index (Phi) is 5.89. The van der Waals surface area contributed by atoms with E-state index in [1.807, 2.05) is 18.2 Å². The molecule has 4 N–H and O–H groups in total. The Morgan fingerprint density at radius 1 is 1.23 bits per heavy atom. The highest BCUT2D eigenvalue weighted by Crippen LogP contribution is 2.37. The van der Waals surface area contributed by atoms with Crippen LogP contribution in [0.1, 0.15) is 12.0 Å². The van der Waals surface area contributed by atoms with Gasteiger partial charge in [0.15, 0.2) is 5.75 Å². The van der Waals surface area contributed by atoms with Crippen LogP contribution in [0.4, 0.5) is 11.5 Å². The van der Waals surface area contributed by atoms with Gasteiger partial charge in [0.05, 0.1) is 49.2 Å². The SMILES string of the molecule is COc1c(NC2CC(Nc3ccc(C#N)cn3)NC3NN(C)C(=O)C23)cccc1-c1nnn(C)n1. The maximum Gasteiger partial charge on any atom is 0.244 e. The van der Waals surface area contributed by atoms with E-state index in [-0.39, 0.29) is 30.2 Å². The first-order chi connectivity index (χ1) is 17.0. The van der Waals surface area contributed by atoms with Gasteiger partial charge in [0, 0.05) is 25.7 Å². The number of benzene rings is 1. The van der Waals surface area contributed by atoms with Crippen LogP contribution in [-0.4, -0.2) is 68.6 Å². The summed E-state index contributed by atoms with van der Waals surface area (Å²) in [6, 6.07) is 10.9. The summed E-state index contributed by atoms with van der Waals surface area (Å²) in [5.74, 6) is 1.28. The van der Waals surface area contributed by atoms with Crippen LogP contribution in [0, 0.1) is 17.2 Å². The topological polar surface area (TPSA) is 158 Å². The van der Waals surface area contributed by atoms with E-state index < -0.39 is 0 Å². The number of nitriles is 1. The fraction of sp³-hybridized carbons (Fsp3) is 0.364. The second kappa shape index (κ2) is 9.16. The Bertz CT molecular complexity index is 1270. The molecule has 2 aliphatic heterocycles. The van der Waals surface area contributed by atoms with Gasteiger partial charge >= 0.3 is 0 Å². The van der Waals surface area contributed by atoms with Crippen molar-refractivity contribution in [2.75, 3.05) is 24.8 Å². The van der Waals surface area contributed by atoms with E-state index in [9.17, 15) is 4.79 Å². The predicted molar refractivity (Wildman–Crippen MR) is 125 cm³/mol. The number of piperidine rings is 1. The summed E-state index contributed by atoms with van der Waals surface area (Å²) in [4.78, 5) is 18.7. The molecule has 2 aliphatic rings. The first-order valence-corrected chi connectivity index (χ1v) is 11.1. The van der Waals surface area contributed by atoms with Gasteiger partial charge in [-0.15, -0.1) is 10.2 Å². The van der Waals surface area contributed by atoms with Crippen molar-refractivity contribution in [2.45, 2.75) is 24.8 Å². The molecule has 4 atom stereocenters. The van der Waals surface area contributed by atoms with Gasteiger partial charge in [-0.25, -0.2) is 10.4 Å². The number of tetrazole rings is 1. The number of pyridine rings is 1. The molecule has 0 spiro atoms. The molecule has 0 radical (unpaired) electrons. The number of amides is 1. The van der Waals surface area contributed by atoms with E-state index in [0.29, 0.717) is 34.9 Å². The molecular weight excluding hydrogens is 450 g/mol. The average molecular weight is 476 g/mol. The van der Waals surface area contributed by atoms with E-state index in [1.165, 1.54) is 16.0 Å². The molecule has 180 valence electrons. The number of rotatable bonds is 6. The van der Waals surface area contributed by atoms with Crippen molar-refractivity contribution in [1.29, 1.82) is 5.26 Å². The molecule has 0 aliphatic carbocycles. The van der Waals surface area contributed by atoms with Gasteiger partial charge in [0.2, 0.25) is 11.7 Å². The number of nitrogens with zero attached hydrogens (tertiary/aromatic N) is 7. The highest BCUT2D eigenvalue weighted by atomic mass is 16.5. The molecule has 2 fully saturated rings. The average Bonchev–Trinajstić information content (AvgIpc) is 3.41. The van der Waals surface area contributed by atoms with Gasteiger partial charge in [-0.3, -0.25) is 15.1 Å². The monoisotopic (exact) mass is 475 g/mol. The van der Waals surface area contributed by atoms with E-state index >= 15 is 0 Å². The zero-order valence-electron chi connectivity index (χ0n) is 19.4. The van der Waals surface area contributed by atoms with Crippen molar-refractivity contribution in [2.24, 2.45) is 13.0 Å². The predicted octanol–water partition coefficient (Wildman–Crippen LogP) is 0.283. The fourth-order valence-corrected chi connectivity index (χ4v) is 4.56. The molecule has 4 heterocycles. The van der Waals surface area contributed by atoms with Gasteiger partial charge < -0.3 is 15.4 Å². The van der Waals surface area contributed by atoms with Crippen LogP contribution in [0.2, 0.25) is 0 Å². The zero-order valence-corrected chi connectivity index (χ0v) is 19.4. The quantitative estimate of drug-likeness (QED) is 0.388. The minimum atomic E-state index is -0.352. The van der Waals surface area contributed by atoms with Crippen LogP contribution in [-0.2, 0) is 11.8 Å². The molecule has 35 heavy (non-hydrogen) atoms. The molecule has 1 aromatic carbocycles. The Labute approximate surface area is 201 Å². The van der Waals surface area contributed by atoms with Crippen molar-refractivity contribution >= 4 is 17.4 Å². The first kappa shape index (κ1) is 22.5. The number of methoxy groups -OCH3 is 1. The molecule has 5 rings (SSSR count). The molecular formula is C22H25N11O2. The van der Waals surface area contributed by atoms with Crippen LogP contribution in [0.5, 0.6) is 5.75 Å². The number of fused-ring (bicyclic) bond motifs is 1. The van der Waals surface area contributed by atoms with Gasteiger partial charge in [0.25, 0.3) is 0 Å². The number of carbonyl (C=O) groups excluding carboxylic acids is 1. The van der Waals surface area contributed by atoms with Gasteiger partial charge in [-0.1, -0.05) is 6.07 Å². The molecule has 13 nitrogen and oxygen atoms in total. The second-order valence-electron chi connectivity index (χ2n) is 8.41. The van der Waals surface area contributed by atoms with Crippen molar-refractivity contribution in [3.8, 4) is 23.2 Å². The lowest BCUT2D eigenvalue weighted by molar-refractivity contribution is -0.131. The molecule has 4 unspecified atom stereocenters. The Balaban J connectivity index is 1.42. The summed E-state index contributed by atoms with van der Waals surface area (Å²) in [5.41, 5.74) is 5.10. The maximum atomic E-state index is 13.0. The molecule has 0 bridgehead atoms. The van der Waals surface area contributed by atoms with Crippen molar-refractivity contribution in [1.82, 2.24) is 40.9 Å². The normalized spacial score (nSPS) is 23.5. The van der Waals surface area contributed by atoms with Crippen molar-refractivity contribution < 1.29 is 9.53 Å². The van der Waals surface area contributed by atoms with Crippen LogP contribution in [0.3, 0.4) is 0 Å². The number of hydrogen-bond donors (Lipinski definition) is 4. The Morgan fingerprint density at radius 2 is 2.09 bits per heavy atom. The zero-order chi connectivity index (χ0) is 24.5. The van der Waals surface area contributed by atoms with Crippen LogP contribution in [0.25, 0.3) is 11.4 Å². The van der Waals surface area contributed by atoms with Crippen molar-refractivity contribution in [3.05, 3.63) is 42.1 Å². The number of hydrogen-bond acceptors (Lipinski definition) is 11. The molecule has 2 aromatic heterocycles. The fourth-order valence-electron chi connectivity index (χ4n) is 4.56. The number of hydrazine groups is 1. The Hall–Kier alpha value is -4.28. The van der Waals surface area contributed by atoms with E-state index in [1.54, 1.807) is 33.3 Å². The highest BCUT2D eigenvalue weighted by molar-refractivity contribution is 5.83. The largest absolute Gasteiger partial charge is 0.494 e. The van der Waals surface area contributed by atoms with Crippen LogP contribution >= 0.6 is 0 Å². The van der Waals surface area contributed by atoms with Crippen LogP contribution in [0.15, 0.2) is 36.5 Å². The van der Waals surface area contributed by atoms with Gasteiger partial charge in [-0.05, 0) is 29.5 Å². The van der Waals surface area contributed by atoms with E-state index in [0.717, 1.165) is 5.69 Å². The number of ether oxygens (including phenoxy) is 1. The van der Waals surface area contributed by atoms with Crippen LogP contribution < -0.4 is 26.1 Å². The summed E-state index contributed by atoms with van der Waals surface area (Å²) in [7, 11) is 5.00. The summed E-state index contributed by atoms with van der Waals surface area (Å²) in [6.45, 7) is 0. The number of aromatic nitrogens is 5. The number of nitrogens with one attached hydrogen (secondary N) is 4. The number of para-hydroxylation sites is 1. The summed E-state index contributed by atoms with van der Waals surface area (Å²) < 4.78 is 5.73. The lowest BCUT2D eigenvalue weighted by Gasteiger charge is -2.39. The molecule has 0 saturated carbocycles. The first-order valence-electron chi connectivity index (χ1n) is 11.1. The smallest absolute Gasteiger partial charge is 0.244 e. The van der Waals surface area contributed by atoms with E-state index in [2.05, 4.69) is 47.8 Å². The van der Waals surface area contributed by atoms with Gasteiger partial charge in [-0.2, -0.15) is 10.1 Å². The number of anilines is 2. The minimum absolute atomic E-state index is 0.0133. The summed E-state index contributed by atoms with van der Waals surface area (Å²) in [5, 5.41) is 33.2. The van der Waals surface area contributed by atoms with Gasteiger partial charge in [0.1, 0.15) is 11.9 Å². The molecule has 3 aromatic rings. The molecule has 2 saturated heterocycles. The molecule has 13 heteroatoms. The Morgan fingerprint density at radius 3 is 2.77 bits per heavy atom. The third-order valence-corrected chi connectivity index (χ3v) is 6.14. The highest BCUT2D eigenvalue weighted by Gasteiger charge is 2.48. The molecule has 1 amide bonds.